The highest BCUT2D eigenvalue weighted by Gasteiger charge is 2.13. The number of aromatic hydroxyl groups is 2. The van der Waals surface area contributed by atoms with Crippen LogP contribution in [0.4, 0.5) is 0 Å². The summed E-state index contributed by atoms with van der Waals surface area (Å²) < 4.78 is 0. The molecular weight excluding hydrogens is 172 g/mol. The van der Waals surface area contributed by atoms with Crippen molar-refractivity contribution >= 4 is 5.78 Å². The Labute approximate surface area is 75.1 Å². The van der Waals surface area contributed by atoms with Gasteiger partial charge in [-0.15, -0.1) is 0 Å². The number of carbonyl (C=O) groups excluding carboxylic acids is 1. The molecule has 0 radical (unpaired) electrons. The van der Waals surface area contributed by atoms with Gasteiger partial charge in [0, 0.05) is 5.56 Å². The maximum atomic E-state index is 11.0. The van der Waals surface area contributed by atoms with Crippen LogP contribution in [0, 0.1) is 6.92 Å². The van der Waals surface area contributed by atoms with E-state index < -0.39 is 12.4 Å². The van der Waals surface area contributed by atoms with E-state index in [0.29, 0.717) is 0 Å². The molecule has 0 unspecified atom stereocenters. The van der Waals surface area contributed by atoms with E-state index in [-0.39, 0.29) is 22.6 Å². The smallest absolute Gasteiger partial charge is 0.191 e. The summed E-state index contributed by atoms with van der Waals surface area (Å²) in [6.07, 6.45) is 0. The van der Waals surface area contributed by atoms with Crippen molar-refractivity contribution in [3.63, 3.8) is 0 Å². The normalized spacial score (nSPS) is 10.0. The van der Waals surface area contributed by atoms with Crippen LogP contribution in [0.2, 0.25) is 0 Å². The predicted octanol–water partition coefficient (Wildman–Crippen LogP) is 0.581. The van der Waals surface area contributed by atoms with Gasteiger partial charge in [-0.25, -0.2) is 0 Å². The molecule has 0 fully saturated rings. The first kappa shape index (κ1) is 9.54. The molecule has 3 N–H and O–H groups in total. The Morgan fingerprint density at radius 1 is 1.38 bits per heavy atom. The second kappa shape index (κ2) is 3.45. The SMILES string of the molecule is Cc1c(O)ccc(C(=O)CO)c1O. The average Bonchev–Trinajstić information content (AvgIpc) is 2.13. The predicted molar refractivity (Wildman–Crippen MR) is 45.9 cm³/mol. The summed E-state index contributed by atoms with van der Waals surface area (Å²) in [5.74, 6) is -0.924. The van der Waals surface area contributed by atoms with Crippen molar-refractivity contribution in [2.45, 2.75) is 6.92 Å². The molecule has 13 heavy (non-hydrogen) atoms. The molecule has 4 nitrogen and oxygen atoms in total. The third-order valence-electron chi connectivity index (χ3n) is 1.85. The molecule has 0 aliphatic rings. The largest absolute Gasteiger partial charge is 0.508 e. The van der Waals surface area contributed by atoms with Crippen LogP contribution in [0.1, 0.15) is 15.9 Å². The molecule has 0 aliphatic carbocycles. The Balaban J connectivity index is 3.26. The van der Waals surface area contributed by atoms with Crippen LogP contribution in [-0.2, 0) is 0 Å². The van der Waals surface area contributed by atoms with Gasteiger partial charge in [0.2, 0.25) is 0 Å². The third-order valence-corrected chi connectivity index (χ3v) is 1.85. The van der Waals surface area contributed by atoms with Gasteiger partial charge in [-0.05, 0) is 19.1 Å². The molecule has 1 aromatic carbocycles. The van der Waals surface area contributed by atoms with Crippen LogP contribution >= 0.6 is 0 Å². The van der Waals surface area contributed by atoms with Crippen LogP contribution in [-0.4, -0.2) is 27.7 Å². The average molecular weight is 182 g/mol. The molecule has 0 saturated carbocycles. The second-order valence-electron chi connectivity index (χ2n) is 2.69. The number of phenolic OH excluding ortho intramolecular Hbond substituents is 2. The number of ketones is 1. The molecule has 0 aliphatic heterocycles. The lowest BCUT2D eigenvalue weighted by Gasteiger charge is -2.05. The van der Waals surface area contributed by atoms with Crippen LogP contribution in [0.5, 0.6) is 11.5 Å². The van der Waals surface area contributed by atoms with E-state index in [1.165, 1.54) is 19.1 Å². The lowest BCUT2D eigenvalue weighted by molar-refractivity contribution is 0.0901. The number of phenols is 2. The molecule has 0 atom stereocenters. The summed E-state index contributed by atoms with van der Waals surface area (Å²) in [5.41, 5.74) is 0.261. The molecule has 0 aromatic heterocycles. The number of hydrogen-bond acceptors (Lipinski definition) is 4. The molecule has 70 valence electrons. The van der Waals surface area contributed by atoms with Crippen molar-refractivity contribution in [1.29, 1.82) is 0 Å². The molecule has 0 saturated heterocycles. The molecule has 1 rings (SSSR count). The summed E-state index contributed by atoms with van der Waals surface area (Å²) >= 11 is 0. The van der Waals surface area contributed by atoms with E-state index in [1.54, 1.807) is 0 Å². The fraction of sp³-hybridized carbons (Fsp3) is 0.222. The molecule has 0 spiro atoms. The van der Waals surface area contributed by atoms with Gasteiger partial charge in [0.15, 0.2) is 5.78 Å². The fourth-order valence-electron chi connectivity index (χ4n) is 1.000. The second-order valence-corrected chi connectivity index (χ2v) is 2.69. The zero-order valence-electron chi connectivity index (χ0n) is 7.11. The molecule has 0 heterocycles. The zero-order chi connectivity index (χ0) is 10.0. The Bertz CT molecular complexity index is 344. The van der Waals surface area contributed by atoms with Gasteiger partial charge in [0.05, 0.1) is 5.56 Å². The van der Waals surface area contributed by atoms with Crippen molar-refractivity contribution in [3.05, 3.63) is 23.3 Å². The minimum absolute atomic E-state index is 0.0257. The van der Waals surface area contributed by atoms with Gasteiger partial charge in [-0.3, -0.25) is 4.79 Å². The first-order chi connectivity index (χ1) is 6.07. The monoisotopic (exact) mass is 182 g/mol. The van der Waals surface area contributed by atoms with Crippen molar-refractivity contribution in [2.24, 2.45) is 0 Å². The van der Waals surface area contributed by atoms with E-state index in [0.717, 1.165) is 0 Å². The Hall–Kier alpha value is -1.55. The number of hydrogen-bond donors (Lipinski definition) is 3. The molecule has 4 heteroatoms. The van der Waals surface area contributed by atoms with E-state index in [1.807, 2.05) is 0 Å². The third kappa shape index (κ3) is 1.62. The van der Waals surface area contributed by atoms with Gasteiger partial charge in [0.25, 0.3) is 0 Å². The summed E-state index contributed by atoms with van der Waals surface area (Å²) in [6, 6.07) is 2.58. The van der Waals surface area contributed by atoms with Crippen LogP contribution < -0.4 is 0 Å². The number of carbonyl (C=O) groups is 1. The van der Waals surface area contributed by atoms with Crippen molar-refractivity contribution in [1.82, 2.24) is 0 Å². The van der Waals surface area contributed by atoms with Crippen LogP contribution in [0.25, 0.3) is 0 Å². The Morgan fingerprint density at radius 2 is 2.00 bits per heavy atom. The van der Waals surface area contributed by atoms with E-state index in [2.05, 4.69) is 0 Å². The van der Waals surface area contributed by atoms with Crippen molar-refractivity contribution < 1.29 is 20.1 Å². The number of aliphatic hydroxyl groups is 1. The molecular formula is C9H10O4. The topological polar surface area (TPSA) is 77.8 Å². The quantitative estimate of drug-likeness (QED) is 0.584. The van der Waals surface area contributed by atoms with Crippen molar-refractivity contribution in [3.8, 4) is 11.5 Å². The highest BCUT2D eigenvalue weighted by Crippen LogP contribution is 2.29. The fourth-order valence-corrected chi connectivity index (χ4v) is 1.000. The zero-order valence-corrected chi connectivity index (χ0v) is 7.11. The molecule has 0 amide bonds. The summed E-state index contributed by atoms with van der Waals surface area (Å²) in [5, 5.41) is 27.1. The maximum Gasteiger partial charge on any atom is 0.191 e. The summed E-state index contributed by atoms with van der Waals surface area (Å²) in [7, 11) is 0. The lowest BCUT2D eigenvalue weighted by Crippen LogP contribution is -2.04. The minimum atomic E-state index is -0.655. The van der Waals surface area contributed by atoms with E-state index >= 15 is 0 Å². The Morgan fingerprint density at radius 3 is 2.54 bits per heavy atom. The van der Waals surface area contributed by atoms with Crippen LogP contribution in [0.15, 0.2) is 12.1 Å². The molecule has 1 aromatic rings. The van der Waals surface area contributed by atoms with Gasteiger partial charge >= 0.3 is 0 Å². The highest BCUT2D eigenvalue weighted by atomic mass is 16.3. The number of aliphatic hydroxyl groups excluding tert-OH is 1. The number of Topliss-reactive ketones (excluding diaryl/α,β-unsaturated/α-hetero) is 1. The van der Waals surface area contributed by atoms with E-state index in [9.17, 15) is 9.90 Å². The van der Waals surface area contributed by atoms with Crippen molar-refractivity contribution in [2.75, 3.05) is 6.61 Å². The standard InChI is InChI=1S/C9H10O4/c1-5-7(11)3-2-6(9(5)13)8(12)4-10/h2-3,10-11,13H,4H2,1H3. The molecule has 0 bridgehead atoms. The first-order valence-corrected chi connectivity index (χ1v) is 3.73. The van der Waals surface area contributed by atoms with Gasteiger partial charge < -0.3 is 15.3 Å². The van der Waals surface area contributed by atoms with Gasteiger partial charge in [-0.2, -0.15) is 0 Å². The van der Waals surface area contributed by atoms with Gasteiger partial charge in [-0.1, -0.05) is 0 Å². The first-order valence-electron chi connectivity index (χ1n) is 3.73. The summed E-state index contributed by atoms with van der Waals surface area (Å²) in [6.45, 7) is 0.830. The number of rotatable bonds is 2. The van der Waals surface area contributed by atoms with Crippen LogP contribution in [0.3, 0.4) is 0 Å². The summed E-state index contributed by atoms with van der Waals surface area (Å²) in [4.78, 5) is 11.0. The Kier molecular flexibility index (Phi) is 2.53. The van der Waals surface area contributed by atoms with E-state index in [4.69, 9.17) is 10.2 Å². The van der Waals surface area contributed by atoms with Gasteiger partial charge in [0.1, 0.15) is 18.1 Å². The highest BCUT2D eigenvalue weighted by molar-refractivity contribution is 5.99. The minimum Gasteiger partial charge on any atom is -0.508 e. The lowest BCUT2D eigenvalue weighted by atomic mass is 10.1. The maximum absolute atomic E-state index is 11.0. The number of benzene rings is 1.